The lowest BCUT2D eigenvalue weighted by atomic mass is 10.9. The van der Waals surface area contributed by atoms with Crippen molar-refractivity contribution in [2.45, 2.75) is 6.92 Å². The molecule has 0 saturated heterocycles. The van der Waals surface area contributed by atoms with Crippen molar-refractivity contribution in [3.63, 3.8) is 0 Å². The van der Waals surface area contributed by atoms with Crippen molar-refractivity contribution >= 4 is 18.4 Å². The maximum atomic E-state index is 5.05. The van der Waals surface area contributed by atoms with E-state index in [0.29, 0.717) is 6.61 Å². The highest BCUT2D eigenvalue weighted by Crippen LogP contribution is 1.60. The van der Waals surface area contributed by atoms with Gasteiger partial charge in [-0.1, -0.05) is 0 Å². The topological polar surface area (TPSA) is 85.7 Å². The van der Waals surface area contributed by atoms with Crippen LogP contribution in [0.4, 0.5) is 0 Å². The molecule has 0 amide bonds. The van der Waals surface area contributed by atoms with Gasteiger partial charge in [-0.3, -0.25) is 4.84 Å². The fourth-order valence-electron chi connectivity index (χ4n) is 0.172. The molecule has 6 heteroatoms. The molecular weight excluding hydrogens is 144 g/mol. The molecule has 0 heterocycles. The molecule has 0 spiro atoms. The third-order valence-corrected chi connectivity index (χ3v) is 0.460. The summed E-state index contributed by atoms with van der Waals surface area (Å²) < 4.78 is 0. The van der Waals surface area contributed by atoms with Gasteiger partial charge in [0.2, 0.25) is 5.96 Å². The van der Waals surface area contributed by atoms with Crippen molar-refractivity contribution < 1.29 is 4.84 Å². The van der Waals surface area contributed by atoms with E-state index >= 15 is 0 Å². The Hall–Kier alpha value is -0.680. The fourth-order valence-corrected chi connectivity index (χ4v) is 0.172. The van der Waals surface area contributed by atoms with Crippen LogP contribution in [0.5, 0.6) is 0 Å². The molecule has 56 valence electrons. The predicted molar refractivity (Wildman–Crippen MR) is 37.8 cm³/mol. The third kappa shape index (κ3) is 7.32. The summed E-state index contributed by atoms with van der Waals surface area (Å²) in [6.07, 6.45) is 0. The van der Waals surface area contributed by atoms with Gasteiger partial charge in [-0.05, 0) is 6.92 Å². The summed E-state index contributed by atoms with van der Waals surface area (Å²) in [6.45, 7) is 2.34. The van der Waals surface area contributed by atoms with Crippen molar-refractivity contribution in [1.29, 1.82) is 0 Å². The SMILES string of the molecule is CCONC(N)=NN.Cl. The summed E-state index contributed by atoms with van der Waals surface area (Å²) in [7, 11) is 0. The number of hydrazone groups is 1. The van der Waals surface area contributed by atoms with E-state index in [-0.39, 0.29) is 18.4 Å². The second-order valence-corrected chi connectivity index (χ2v) is 1.05. The zero-order valence-electron chi connectivity index (χ0n) is 5.13. The zero-order chi connectivity index (χ0) is 6.41. The standard InChI is InChI=1S/C3H10N4O.ClH/c1-2-8-7-3(4)6-5;/h2,5H2,1H3,(H3,4,6,7);1H. The van der Waals surface area contributed by atoms with Crippen LogP contribution in [0.2, 0.25) is 0 Å². The molecule has 0 aromatic carbocycles. The highest BCUT2D eigenvalue weighted by molar-refractivity contribution is 5.85. The second kappa shape index (κ2) is 7.32. The summed E-state index contributed by atoms with van der Waals surface area (Å²) >= 11 is 0. The third-order valence-electron chi connectivity index (χ3n) is 0.460. The van der Waals surface area contributed by atoms with Gasteiger partial charge in [0, 0.05) is 0 Å². The molecule has 0 aromatic heterocycles. The number of hydrogen-bond acceptors (Lipinski definition) is 3. The molecule has 0 atom stereocenters. The fraction of sp³-hybridized carbons (Fsp3) is 0.667. The van der Waals surface area contributed by atoms with E-state index < -0.39 is 0 Å². The van der Waals surface area contributed by atoms with Gasteiger partial charge in [0.1, 0.15) is 0 Å². The molecule has 0 aliphatic carbocycles. The number of nitrogens with one attached hydrogen (secondary N) is 1. The maximum Gasteiger partial charge on any atom is 0.234 e. The molecule has 5 nitrogen and oxygen atoms in total. The smallest absolute Gasteiger partial charge is 0.234 e. The Morgan fingerprint density at radius 2 is 2.33 bits per heavy atom. The van der Waals surface area contributed by atoms with Crippen LogP contribution in [0.25, 0.3) is 0 Å². The predicted octanol–water partition coefficient (Wildman–Crippen LogP) is -0.862. The number of halogens is 1. The van der Waals surface area contributed by atoms with Gasteiger partial charge in [0.05, 0.1) is 6.61 Å². The van der Waals surface area contributed by atoms with E-state index in [1.807, 2.05) is 6.92 Å². The Morgan fingerprint density at radius 3 is 2.67 bits per heavy atom. The van der Waals surface area contributed by atoms with Crippen molar-refractivity contribution in [2.75, 3.05) is 6.61 Å². The Kier molecular flexibility index (Phi) is 9.08. The van der Waals surface area contributed by atoms with E-state index in [1.165, 1.54) is 0 Å². The summed E-state index contributed by atoms with van der Waals surface area (Å²) in [5.41, 5.74) is 7.33. The zero-order valence-corrected chi connectivity index (χ0v) is 5.94. The Bertz CT molecular complexity index is 85.9. The van der Waals surface area contributed by atoms with Gasteiger partial charge in [-0.25, -0.2) is 5.48 Å². The van der Waals surface area contributed by atoms with Crippen molar-refractivity contribution in [3.05, 3.63) is 0 Å². The molecule has 0 saturated carbocycles. The monoisotopic (exact) mass is 154 g/mol. The lowest BCUT2D eigenvalue weighted by Gasteiger charge is -1.99. The Balaban J connectivity index is 0. The first-order chi connectivity index (χ1) is 3.81. The summed E-state index contributed by atoms with van der Waals surface area (Å²) in [6, 6.07) is 0. The van der Waals surface area contributed by atoms with Crippen molar-refractivity contribution in [1.82, 2.24) is 5.48 Å². The minimum atomic E-state index is 0. The minimum absolute atomic E-state index is 0. The van der Waals surface area contributed by atoms with Gasteiger partial charge in [0.25, 0.3) is 0 Å². The Morgan fingerprint density at radius 1 is 1.78 bits per heavy atom. The number of hydroxylamine groups is 1. The van der Waals surface area contributed by atoms with Crippen LogP contribution in [0.3, 0.4) is 0 Å². The van der Waals surface area contributed by atoms with Crippen molar-refractivity contribution in [3.8, 4) is 0 Å². The van der Waals surface area contributed by atoms with Crippen LogP contribution in [0, 0.1) is 0 Å². The largest absolute Gasteiger partial charge is 0.367 e. The van der Waals surface area contributed by atoms with Crippen LogP contribution in [0.1, 0.15) is 6.92 Å². The van der Waals surface area contributed by atoms with Crippen LogP contribution >= 0.6 is 12.4 Å². The summed E-state index contributed by atoms with van der Waals surface area (Å²) in [5.74, 6) is 4.81. The van der Waals surface area contributed by atoms with Crippen LogP contribution in [0.15, 0.2) is 5.10 Å². The first kappa shape index (κ1) is 11.2. The lowest BCUT2D eigenvalue weighted by Crippen LogP contribution is -2.32. The number of hydrogen-bond donors (Lipinski definition) is 3. The highest BCUT2D eigenvalue weighted by atomic mass is 35.5. The molecule has 0 fully saturated rings. The molecule has 9 heavy (non-hydrogen) atoms. The molecule has 0 aliphatic rings. The van der Waals surface area contributed by atoms with Gasteiger partial charge < -0.3 is 11.6 Å². The van der Waals surface area contributed by atoms with E-state index in [4.69, 9.17) is 11.6 Å². The first-order valence-electron chi connectivity index (χ1n) is 2.22. The summed E-state index contributed by atoms with van der Waals surface area (Å²) in [5, 5.41) is 3.08. The normalized spacial score (nSPS) is 10.1. The lowest BCUT2D eigenvalue weighted by molar-refractivity contribution is 0.0957. The molecule has 0 bridgehead atoms. The Labute approximate surface area is 59.8 Å². The highest BCUT2D eigenvalue weighted by Gasteiger charge is 1.82. The van der Waals surface area contributed by atoms with Crippen molar-refractivity contribution in [2.24, 2.45) is 16.7 Å². The van der Waals surface area contributed by atoms with Gasteiger partial charge in [0.15, 0.2) is 0 Å². The van der Waals surface area contributed by atoms with E-state index in [1.54, 1.807) is 0 Å². The van der Waals surface area contributed by atoms with E-state index in [0.717, 1.165) is 0 Å². The minimum Gasteiger partial charge on any atom is -0.367 e. The van der Waals surface area contributed by atoms with Gasteiger partial charge in [-0.15, -0.1) is 17.5 Å². The van der Waals surface area contributed by atoms with E-state index in [2.05, 4.69) is 15.4 Å². The number of nitrogens with zero attached hydrogens (tertiary/aromatic N) is 1. The average molecular weight is 155 g/mol. The molecule has 0 aliphatic heterocycles. The van der Waals surface area contributed by atoms with E-state index in [9.17, 15) is 0 Å². The molecule has 0 radical (unpaired) electrons. The molecule has 0 aromatic rings. The number of guanidine groups is 1. The number of rotatable bonds is 2. The second-order valence-electron chi connectivity index (χ2n) is 1.05. The van der Waals surface area contributed by atoms with Crippen LogP contribution < -0.4 is 17.1 Å². The first-order valence-corrected chi connectivity index (χ1v) is 2.22. The molecule has 0 unspecified atom stereocenters. The quantitative estimate of drug-likeness (QED) is 0.209. The number of nitrogens with two attached hydrogens (primary N) is 2. The maximum absolute atomic E-state index is 5.05. The summed E-state index contributed by atoms with van der Waals surface area (Å²) in [4.78, 5) is 4.60. The van der Waals surface area contributed by atoms with Crippen LogP contribution in [-0.4, -0.2) is 12.6 Å². The van der Waals surface area contributed by atoms with Gasteiger partial charge >= 0.3 is 0 Å². The van der Waals surface area contributed by atoms with Gasteiger partial charge in [-0.2, -0.15) is 0 Å². The average Bonchev–Trinajstić information content (AvgIpc) is 1.83. The molecule has 0 rings (SSSR count). The van der Waals surface area contributed by atoms with Crippen LogP contribution in [-0.2, 0) is 4.84 Å². The molecular formula is C3H11ClN4O. The molecule has 5 N–H and O–H groups in total.